The number of rotatable bonds is 1. The van der Waals surface area contributed by atoms with Gasteiger partial charge in [0, 0.05) is 0 Å². The Labute approximate surface area is 83.6 Å². The third-order valence-corrected chi connectivity index (χ3v) is 2.16. The van der Waals surface area contributed by atoms with Crippen molar-refractivity contribution >= 4 is 11.0 Å². The number of aromatic amines is 2. The SMILES string of the molecule is O=c1[nH]ncn1-c1nc2ccccc2[nH]1. The summed E-state index contributed by atoms with van der Waals surface area (Å²) in [6.45, 7) is 0. The summed E-state index contributed by atoms with van der Waals surface area (Å²) >= 11 is 0. The van der Waals surface area contributed by atoms with Gasteiger partial charge in [0.15, 0.2) is 0 Å². The molecule has 0 spiro atoms. The maximum Gasteiger partial charge on any atom is 0.350 e. The molecular formula is C9H7N5O. The normalized spacial score (nSPS) is 10.9. The van der Waals surface area contributed by atoms with Gasteiger partial charge >= 0.3 is 5.69 Å². The number of hydrogen-bond acceptors (Lipinski definition) is 3. The molecule has 6 heteroatoms. The number of H-pyrrole nitrogens is 2. The second-order valence-electron chi connectivity index (χ2n) is 3.11. The van der Waals surface area contributed by atoms with Crippen LogP contribution in [0.15, 0.2) is 35.4 Å². The molecule has 15 heavy (non-hydrogen) atoms. The number of imidazole rings is 1. The highest BCUT2D eigenvalue weighted by Gasteiger charge is 2.05. The molecule has 0 saturated heterocycles. The third-order valence-electron chi connectivity index (χ3n) is 2.16. The summed E-state index contributed by atoms with van der Waals surface area (Å²) in [7, 11) is 0. The number of nitrogens with one attached hydrogen (secondary N) is 2. The molecule has 0 unspecified atom stereocenters. The predicted octanol–water partition coefficient (Wildman–Crippen LogP) is 0.437. The van der Waals surface area contributed by atoms with Gasteiger partial charge in [-0.05, 0) is 12.1 Å². The summed E-state index contributed by atoms with van der Waals surface area (Å²) < 4.78 is 1.32. The van der Waals surface area contributed by atoms with Gasteiger partial charge in [0.05, 0.1) is 11.0 Å². The highest BCUT2D eigenvalue weighted by atomic mass is 16.1. The lowest BCUT2D eigenvalue weighted by Gasteiger charge is -1.89. The molecule has 74 valence electrons. The van der Waals surface area contributed by atoms with Crippen LogP contribution in [0.1, 0.15) is 0 Å². The van der Waals surface area contributed by atoms with Crippen LogP contribution in [0.5, 0.6) is 0 Å². The number of hydrogen-bond donors (Lipinski definition) is 2. The maximum absolute atomic E-state index is 11.3. The summed E-state index contributed by atoms with van der Waals surface area (Å²) in [4.78, 5) is 18.6. The summed E-state index contributed by atoms with van der Waals surface area (Å²) in [5.74, 6) is 0.468. The largest absolute Gasteiger partial charge is 0.350 e. The molecule has 6 nitrogen and oxygen atoms in total. The van der Waals surface area contributed by atoms with Crippen LogP contribution < -0.4 is 5.69 Å². The minimum Gasteiger partial charge on any atom is -0.323 e. The first-order chi connectivity index (χ1) is 7.34. The molecule has 0 radical (unpaired) electrons. The molecule has 0 amide bonds. The monoisotopic (exact) mass is 201 g/mol. The van der Waals surface area contributed by atoms with E-state index in [4.69, 9.17) is 0 Å². The van der Waals surface area contributed by atoms with Crippen LogP contribution in [0.25, 0.3) is 17.0 Å². The van der Waals surface area contributed by atoms with Crippen molar-refractivity contribution in [1.82, 2.24) is 24.7 Å². The average molecular weight is 201 g/mol. The smallest absolute Gasteiger partial charge is 0.323 e. The first-order valence-electron chi connectivity index (χ1n) is 4.42. The fourth-order valence-electron chi connectivity index (χ4n) is 1.45. The van der Waals surface area contributed by atoms with Gasteiger partial charge in [-0.15, -0.1) is 0 Å². The Morgan fingerprint density at radius 2 is 2.13 bits per heavy atom. The van der Waals surface area contributed by atoms with Gasteiger partial charge in [-0.1, -0.05) is 12.1 Å². The van der Waals surface area contributed by atoms with Crippen LogP contribution in [0.2, 0.25) is 0 Å². The molecule has 0 aliphatic heterocycles. The standard InChI is InChI=1S/C9H7N5O/c15-9-13-10-5-14(9)8-11-6-3-1-2-4-7(6)12-8/h1-5H,(H,11,12)(H,13,15). The van der Waals surface area contributed by atoms with Crippen LogP contribution in [-0.2, 0) is 0 Å². The summed E-state index contributed by atoms with van der Waals surface area (Å²) in [6, 6.07) is 7.57. The second-order valence-corrected chi connectivity index (χ2v) is 3.11. The highest BCUT2D eigenvalue weighted by molar-refractivity contribution is 5.75. The zero-order valence-corrected chi connectivity index (χ0v) is 7.64. The van der Waals surface area contributed by atoms with Gasteiger partial charge in [0.1, 0.15) is 6.33 Å². The Morgan fingerprint density at radius 1 is 1.27 bits per heavy atom. The summed E-state index contributed by atoms with van der Waals surface area (Å²) in [5, 5.41) is 5.94. The molecule has 0 aliphatic rings. The van der Waals surface area contributed by atoms with Gasteiger partial charge in [-0.3, -0.25) is 0 Å². The van der Waals surface area contributed by atoms with E-state index in [1.165, 1.54) is 10.9 Å². The van der Waals surface area contributed by atoms with E-state index in [1.54, 1.807) is 0 Å². The van der Waals surface area contributed by atoms with E-state index in [1.807, 2.05) is 24.3 Å². The van der Waals surface area contributed by atoms with Crippen LogP contribution in [0, 0.1) is 0 Å². The minimum atomic E-state index is -0.311. The topological polar surface area (TPSA) is 79.4 Å². The predicted molar refractivity (Wildman–Crippen MR) is 53.8 cm³/mol. The van der Waals surface area contributed by atoms with E-state index in [9.17, 15) is 4.79 Å². The number of fused-ring (bicyclic) bond motifs is 1. The molecule has 0 atom stereocenters. The molecule has 0 saturated carbocycles. The van der Waals surface area contributed by atoms with Crippen molar-refractivity contribution in [1.29, 1.82) is 0 Å². The van der Waals surface area contributed by atoms with Crippen LogP contribution in [-0.4, -0.2) is 24.7 Å². The first kappa shape index (κ1) is 7.98. The lowest BCUT2D eigenvalue weighted by Crippen LogP contribution is -2.15. The fourth-order valence-corrected chi connectivity index (χ4v) is 1.45. The second kappa shape index (κ2) is 2.81. The molecule has 2 N–H and O–H groups in total. The number of benzene rings is 1. The van der Waals surface area contributed by atoms with E-state index in [2.05, 4.69) is 20.2 Å². The van der Waals surface area contributed by atoms with E-state index < -0.39 is 0 Å². The molecule has 3 rings (SSSR count). The molecule has 2 heterocycles. The van der Waals surface area contributed by atoms with Crippen molar-refractivity contribution < 1.29 is 0 Å². The van der Waals surface area contributed by atoms with Gasteiger partial charge in [0.25, 0.3) is 0 Å². The zero-order chi connectivity index (χ0) is 10.3. The van der Waals surface area contributed by atoms with Gasteiger partial charge < -0.3 is 4.98 Å². The van der Waals surface area contributed by atoms with Crippen LogP contribution in [0.4, 0.5) is 0 Å². The number of para-hydroxylation sites is 2. The Morgan fingerprint density at radius 3 is 2.87 bits per heavy atom. The van der Waals surface area contributed by atoms with Crippen molar-refractivity contribution in [3.63, 3.8) is 0 Å². The fraction of sp³-hybridized carbons (Fsp3) is 0. The highest BCUT2D eigenvalue weighted by Crippen LogP contribution is 2.11. The Balaban J connectivity index is 2.29. The molecule has 1 aromatic carbocycles. The summed E-state index contributed by atoms with van der Waals surface area (Å²) in [6.07, 6.45) is 1.39. The Hall–Kier alpha value is -2.37. The van der Waals surface area contributed by atoms with Crippen molar-refractivity contribution in [3.05, 3.63) is 41.1 Å². The van der Waals surface area contributed by atoms with Crippen LogP contribution in [0.3, 0.4) is 0 Å². The Bertz CT molecular complexity index is 629. The molecule has 0 fully saturated rings. The van der Waals surface area contributed by atoms with E-state index in [0.29, 0.717) is 5.95 Å². The summed E-state index contributed by atoms with van der Waals surface area (Å²) in [5.41, 5.74) is 1.40. The first-order valence-corrected chi connectivity index (χ1v) is 4.42. The minimum absolute atomic E-state index is 0.311. The quantitative estimate of drug-likeness (QED) is 0.599. The maximum atomic E-state index is 11.3. The van der Waals surface area contributed by atoms with E-state index >= 15 is 0 Å². The molecule has 3 aromatic rings. The van der Waals surface area contributed by atoms with E-state index in [0.717, 1.165) is 11.0 Å². The lowest BCUT2D eigenvalue weighted by atomic mass is 10.3. The van der Waals surface area contributed by atoms with Crippen molar-refractivity contribution in [2.24, 2.45) is 0 Å². The van der Waals surface area contributed by atoms with Crippen molar-refractivity contribution in [3.8, 4) is 5.95 Å². The Kier molecular flexibility index (Phi) is 1.49. The van der Waals surface area contributed by atoms with Crippen molar-refractivity contribution in [2.45, 2.75) is 0 Å². The average Bonchev–Trinajstić information content (AvgIpc) is 2.82. The van der Waals surface area contributed by atoms with E-state index in [-0.39, 0.29) is 5.69 Å². The van der Waals surface area contributed by atoms with Crippen molar-refractivity contribution in [2.75, 3.05) is 0 Å². The lowest BCUT2D eigenvalue weighted by molar-refractivity contribution is 0.918. The van der Waals surface area contributed by atoms with Gasteiger partial charge in [-0.2, -0.15) is 5.10 Å². The van der Waals surface area contributed by atoms with Gasteiger partial charge in [-0.25, -0.2) is 19.4 Å². The van der Waals surface area contributed by atoms with Crippen LogP contribution >= 0.6 is 0 Å². The zero-order valence-electron chi connectivity index (χ0n) is 7.64. The molecule has 0 aliphatic carbocycles. The number of aromatic nitrogens is 5. The molecule has 0 bridgehead atoms. The van der Waals surface area contributed by atoms with Gasteiger partial charge in [0.2, 0.25) is 5.95 Å². The molecule has 2 aromatic heterocycles. The third kappa shape index (κ3) is 1.15. The molecular weight excluding hydrogens is 194 g/mol. The number of nitrogens with zero attached hydrogens (tertiary/aromatic N) is 3.